The van der Waals surface area contributed by atoms with Crippen LogP contribution in [0.25, 0.3) is 0 Å². The Morgan fingerprint density at radius 1 is 1.20 bits per heavy atom. The maximum atomic E-state index is 8.83. The topological polar surface area (TPSA) is 38.7 Å². The van der Waals surface area contributed by atoms with Crippen LogP contribution >= 0.6 is 0 Å². The van der Waals surface area contributed by atoms with Crippen molar-refractivity contribution in [2.45, 2.75) is 13.3 Å². The Kier molecular flexibility index (Phi) is 4.98. The third kappa shape index (κ3) is 4.21. The molecule has 1 atom stereocenters. The summed E-state index contributed by atoms with van der Waals surface area (Å²) in [6.07, 6.45) is 0.864. The molecule has 1 aromatic rings. The quantitative estimate of drug-likeness (QED) is 0.781. The molecule has 0 spiro atoms. The van der Waals surface area contributed by atoms with Crippen LogP contribution in [0.2, 0.25) is 0 Å². The fraction of sp³-hybridized carbons (Fsp3) is 0.500. The first-order valence-electron chi connectivity index (χ1n) is 5.14. The third-order valence-corrected chi connectivity index (χ3v) is 2.25. The van der Waals surface area contributed by atoms with Crippen molar-refractivity contribution >= 4 is 0 Å². The van der Waals surface area contributed by atoms with Crippen molar-refractivity contribution in [1.82, 2.24) is 0 Å². The summed E-state index contributed by atoms with van der Waals surface area (Å²) < 4.78 is 10.6. The lowest BCUT2D eigenvalue weighted by Gasteiger charge is -2.09. The molecule has 0 fully saturated rings. The van der Waals surface area contributed by atoms with Gasteiger partial charge in [-0.3, -0.25) is 0 Å². The molecule has 84 valence electrons. The lowest BCUT2D eigenvalue weighted by atomic mass is 10.1. The molecule has 1 aromatic carbocycles. The minimum atomic E-state index is 0.214. The van der Waals surface area contributed by atoms with Crippen molar-refractivity contribution in [3.05, 3.63) is 24.3 Å². The molecule has 15 heavy (non-hydrogen) atoms. The van der Waals surface area contributed by atoms with Crippen LogP contribution in [0.3, 0.4) is 0 Å². The van der Waals surface area contributed by atoms with Crippen molar-refractivity contribution in [2.24, 2.45) is 5.92 Å². The Bertz CT molecular complexity index is 269. The molecular formula is C12H18O3. The van der Waals surface area contributed by atoms with Crippen LogP contribution in [0.5, 0.6) is 11.5 Å². The van der Waals surface area contributed by atoms with E-state index in [0.29, 0.717) is 12.5 Å². The monoisotopic (exact) mass is 210 g/mol. The van der Waals surface area contributed by atoms with Crippen molar-refractivity contribution in [3.63, 3.8) is 0 Å². The van der Waals surface area contributed by atoms with Crippen LogP contribution < -0.4 is 9.47 Å². The number of rotatable bonds is 6. The molecule has 1 N–H and O–H groups in total. The van der Waals surface area contributed by atoms with E-state index < -0.39 is 0 Å². The summed E-state index contributed by atoms with van der Waals surface area (Å²) in [6, 6.07) is 7.49. The Morgan fingerprint density at radius 2 is 1.80 bits per heavy atom. The zero-order chi connectivity index (χ0) is 11.1. The van der Waals surface area contributed by atoms with Crippen LogP contribution in [-0.4, -0.2) is 25.4 Å². The van der Waals surface area contributed by atoms with E-state index in [9.17, 15) is 0 Å². The number of hydrogen-bond donors (Lipinski definition) is 1. The van der Waals surface area contributed by atoms with Gasteiger partial charge in [-0.1, -0.05) is 6.92 Å². The van der Waals surface area contributed by atoms with E-state index in [1.165, 1.54) is 0 Å². The molecule has 0 radical (unpaired) electrons. The Balaban J connectivity index is 2.31. The summed E-state index contributed by atoms with van der Waals surface area (Å²) in [5, 5.41) is 8.83. The summed E-state index contributed by atoms with van der Waals surface area (Å²) in [5.41, 5.74) is 0. The maximum absolute atomic E-state index is 8.83. The molecule has 3 heteroatoms. The van der Waals surface area contributed by atoms with Crippen LogP contribution in [0.1, 0.15) is 13.3 Å². The number of methoxy groups -OCH3 is 1. The van der Waals surface area contributed by atoms with Gasteiger partial charge in [0.1, 0.15) is 11.5 Å². The first kappa shape index (κ1) is 11.9. The second-order valence-corrected chi connectivity index (χ2v) is 3.60. The second kappa shape index (κ2) is 6.30. The van der Waals surface area contributed by atoms with E-state index in [4.69, 9.17) is 14.6 Å². The van der Waals surface area contributed by atoms with Crippen molar-refractivity contribution < 1.29 is 14.6 Å². The van der Waals surface area contributed by atoms with E-state index in [1.54, 1.807) is 7.11 Å². The van der Waals surface area contributed by atoms with Gasteiger partial charge in [0.15, 0.2) is 0 Å². The number of ether oxygens (including phenoxy) is 2. The normalized spacial score (nSPS) is 12.2. The van der Waals surface area contributed by atoms with Gasteiger partial charge in [0.25, 0.3) is 0 Å². The molecule has 0 aromatic heterocycles. The fourth-order valence-corrected chi connectivity index (χ4v) is 1.14. The first-order chi connectivity index (χ1) is 7.26. The van der Waals surface area contributed by atoms with Crippen LogP contribution in [0.15, 0.2) is 24.3 Å². The third-order valence-electron chi connectivity index (χ3n) is 2.25. The Morgan fingerprint density at radius 3 is 2.33 bits per heavy atom. The van der Waals surface area contributed by atoms with E-state index in [0.717, 1.165) is 17.9 Å². The van der Waals surface area contributed by atoms with Gasteiger partial charge in [0, 0.05) is 6.61 Å². The molecule has 3 nitrogen and oxygen atoms in total. The first-order valence-corrected chi connectivity index (χ1v) is 5.14. The molecule has 1 unspecified atom stereocenters. The van der Waals surface area contributed by atoms with Gasteiger partial charge >= 0.3 is 0 Å². The SMILES string of the molecule is COc1ccc(OCCC(C)CO)cc1. The molecular weight excluding hydrogens is 192 g/mol. The lowest BCUT2D eigenvalue weighted by Crippen LogP contribution is -2.07. The molecule has 0 amide bonds. The number of benzene rings is 1. The van der Waals surface area contributed by atoms with Gasteiger partial charge in [0.2, 0.25) is 0 Å². The van der Waals surface area contributed by atoms with E-state index in [-0.39, 0.29) is 6.61 Å². The van der Waals surface area contributed by atoms with E-state index in [2.05, 4.69) is 0 Å². The lowest BCUT2D eigenvalue weighted by molar-refractivity contribution is 0.202. The number of hydrogen-bond acceptors (Lipinski definition) is 3. The maximum Gasteiger partial charge on any atom is 0.119 e. The highest BCUT2D eigenvalue weighted by molar-refractivity contribution is 5.31. The van der Waals surface area contributed by atoms with Gasteiger partial charge in [-0.15, -0.1) is 0 Å². The minimum Gasteiger partial charge on any atom is -0.497 e. The van der Waals surface area contributed by atoms with E-state index >= 15 is 0 Å². The zero-order valence-corrected chi connectivity index (χ0v) is 9.27. The summed E-state index contributed by atoms with van der Waals surface area (Å²) in [7, 11) is 1.64. The molecule has 0 aliphatic carbocycles. The standard InChI is InChI=1S/C12H18O3/c1-10(9-13)7-8-15-12-5-3-11(14-2)4-6-12/h3-6,10,13H,7-9H2,1-2H3. The predicted molar refractivity (Wildman–Crippen MR) is 59.4 cm³/mol. The Hall–Kier alpha value is -1.22. The molecule has 0 saturated heterocycles. The smallest absolute Gasteiger partial charge is 0.119 e. The molecule has 0 heterocycles. The van der Waals surface area contributed by atoms with Gasteiger partial charge in [-0.25, -0.2) is 0 Å². The second-order valence-electron chi connectivity index (χ2n) is 3.60. The largest absolute Gasteiger partial charge is 0.497 e. The fourth-order valence-electron chi connectivity index (χ4n) is 1.14. The summed E-state index contributed by atoms with van der Waals surface area (Å²) in [4.78, 5) is 0. The average Bonchev–Trinajstić information content (AvgIpc) is 2.29. The van der Waals surface area contributed by atoms with Crippen LogP contribution in [-0.2, 0) is 0 Å². The summed E-state index contributed by atoms with van der Waals surface area (Å²) in [6.45, 7) is 2.84. The van der Waals surface area contributed by atoms with Gasteiger partial charge < -0.3 is 14.6 Å². The zero-order valence-electron chi connectivity index (χ0n) is 9.27. The molecule has 0 aliphatic heterocycles. The molecule has 0 bridgehead atoms. The summed E-state index contributed by atoms with van der Waals surface area (Å²) >= 11 is 0. The highest BCUT2D eigenvalue weighted by Gasteiger charge is 2.00. The van der Waals surface area contributed by atoms with Crippen molar-refractivity contribution in [3.8, 4) is 11.5 Å². The molecule has 0 saturated carbocycles. The highest BCUT2D eigenvalue weighted by atomic mass is 16.5. The van der Waals surface area contributed by atoms with Gasteiger partial charge in [-0.2, -0.15) is 0 Å². The minimum absolute atomic E-state index is 0.214. The summed E-state index contributed by atoms with van der Waals surface area (Å²) in [5.74, 6) is 1.95. The highest BCUT2D eigenvalue weighted by Crippen LogP contribution is 2.17. The molecule has 1 rings (SSSR count). The van der Waals surface area contributed by atoms with Gasteiger partial charge in [-0.05, 0) is 36.6 Å². The molecule has 0 aliphatic rings. The van der Waals surface area contributed by atoms with Gasteiger partial charge in [0.05, 0.1) is 13.7 Å². The number of aliphatic hydroxyl groups is 1. The van der Waals surface area contributed by atoms with Crippen molar-refractivity contribution in [2.75, 3.05) is 20.3 Å². The Labute approximate surface area is 90.6 Å². The van der Waals surface area contributed by atoms with Crippen LogP contribution in [0, 0.1) is 5.92 Å². The number of aliphatic hydroxyl groups excluding tert-OH is 1. The van der Waals surface area contributed by atoms with Crippen LogP contribution in [0.4, 0.5) is 0 Å². The average molecular weight is 210 g/mol. The van der Waals surface area contributed by atoms with Crippen molar-refractivity contribution in [1.29, 1.82) is 0 Å². The van der Waals surface area contributed by atoms with E-state index in [1.807, 2.05) is 31.2 Å². The predicted octanol–water partition coefficient (Wildman–Crippen LogP) is 2.09.